The number of urea groups is 1. The quantitative estimate of drug-likeness (QED) is 0.780. The summed E-state index contributed by atoms with van der Waals surface area (Å²) in [5.41, 5.74) is 1.03. The molecule has 0 radical (unpaired) electrons. The summed E-state index contributed by atoms with van der Waals surface area (Å²) in [6, 6.07) is 9.27. The Morgan fingerprint density at radius 1 is 1.28 bits per heavy atom. The Hall–Kier alpha value is -2.04. The Bertz CT molecular complexity index is 392. The van der Waals surface area contributed by atoms with Crippen molar-refractivity contribution in [2.24, 2.45) is 0 Å². The lowest BCUT2D eigenvalue weighted by molar-refractivity contribution is -0.140. The van der Waals surface area contributed by atoms with Crippen molar-refractivity contribution in [3.05, 3.63) is 35.9 Å². The number of hydrogen-bond donors (Lipinski definition) is 2. The molecule has 0 fully saturated rings. The molecule has 0 spiro atoms. The van der Waals surface area contributed by atoms with Gasteiger partial charge in [-0.1, -0.05) is 30.3 Å². The lowest BCUT2D eigenvalue weighted by Crippen LogP contribution is -2.38. The van der Waals surface area contributed by atoms with E-state index in [9.17, 15) is 9.59 Å². The van der Waals surface area contributed by atoms with Gasteiger partial charge in [0.2, 0.25) is 0 Å². The number of hydrogen-bond acceptors (Lipinski definition) is 3. The van der Waals surface area contributed by atoms with Crippen LogP contribution in [0.3, 0.4) is 0 Å². The molecule has 2 N–H and O–H groups in total. The fourth-order valence-electron chi connectivity index (χ4n) is 1.45. The van der Waals surface area contributed by atoms with Crippen LogP contribution in [-0.2, 0) is 9.53 Å². The van der Waals surface area contributed by atoms with Crippen molar-refractivity contribution in [1.29, 1.82) is 0 Å². The molecule has 2 amide bonds. The maximum absolute atomic E-state index is 11.5. The van der Waals surface area contributed by atoms with Crippen LogP contribution < -0.4 is 10.6 Å². The zero-order valence-electron chi connectivity index (χ0n) is 10.6. The summed E-state index contributed by atoms with van der Waals surface area (Å²) in [7, 11) is 1.32. The van der Waals surface area contributed by atoms with Crippen molar-refractivity contribution < 1.29 is 14.3 Å². The molecular formula is C13H18N2O3. The second-order valence-electron chi connectivity index (χ2n) is 3.86. The molecule has 98 valence electrons. The van der Waals surface area contributed by atoms with Crippen molar-refractivity contribution in [2.45, 2.75) is 19.4 Å². The number of methoxy groups -OCH3 is 1. The van der Waals surface area contributed by atoms with Gasteiger partial charge >= 0.3 is 12.0 Å². The summed E-state index contributed by atoms with van der Waals surface area (Å²) in [5.74, 6) is -0.341. The van der Waals surface area contributed by atoms with Crippen LogP contribution in [0.15, 0.2) is 30.3 Å². The molecular weight excluding hydrogens is 232 g/mol. The first-order valence-electron chi connectivity index (χ1n) is 5.79. The van der Waals surface area contributed by atoms with Gasteiger partial charge in [0, 0.05) is 6.54 Å². The number of carbonyl (C=O) groups is 2. The molecule has 1 aromatic carbocycles. The Kier molecular flexibility index (Phi) is 5.70. The molecule has 1 unspecified atom stereocenters. The molecule has 5 nitrogen and oxygen atoms in total. The monoisotopic (exact) mass is 250 g/mol. The van der Waals surface area contributed by atoms with Crippen LogP contribution >= 0.6 is 0 Å². The van der Waals surface area contributed by atoms with Crippen molar-refractivity contribution in [1.82, 2.24) is 10.6 Å². The molecule has 1 atom stereocenters. The summed E-state index contributed by atoms with van der Waals surface area (Å²) >= 11 is 0. The van der Waals surface area contributed by atoms with Crippen LogP contribution in [0.1, 0.15) is 24.9 Å². The number of carbonyl (C=O) groups excluding carboxylic acids is 2. The van der Waals surface area contributed by atoms with Crippen LogP contribution in [0.2, 0.25) is 0 Å². The molecule has 0 aliphatic heterocycles. The summed E-state index contributed by atoms with van der Waals surface area (Å²) in [6.07, 6.45) is 0.170. The standard InChI is InChI=1S/C13H18N2O3/c1-10(11-6-4-3-5-7-11)15-13(17)14-9-8-12(16)18-2/h3-7,10H,8-9H2,1-2H3,(H2,14,15,17). The van der Waals surface area contributed by atoms with Gasteiger partial charge in [-0.2, -0.15) is 0 Å². The highest BCUT2D eigenvalue weighted by Gasteiger charge is 2.08. The molecule has 0 aromatic heterocycles. The summed E-state index contributed by atoms with van der Waals surface area (Å²) in [5, 5.41) is 5.38. The second kappa shape index (κ2) is 7.32. The van der Waals surface area contributed by atoms with E-state index in [1.165, 1.54) is 7.11 Å². The van der Waals surface area contributed by atoms with Gasteiger partial charge in [0.05, 0.1) is 19.6 Å². The van der Waals surface area contributed by atoms with Crippen molar-refractivity contribution in [3.8, 4) is 0 Å². The van der Waals surface area contributed by atoms with Gasteiger partial charge < -0.3 is 15.4 Å². The number of ether oxygens (including phenoxy) is 1. The average molecular weight is 250 g/mol. The minimum absolute atomic E-state index is 0.0793. The highest BCUT2D eigenvalue weighted by molar-refractivity contribution is 5.75. The Morgan fingerprint density at radius 3 is 2.56 bits per heavy atom. The number of amides is 2. The molecule has 18 heavy (non-hydrogen) atoms. The lowest BCUT2D eigenvalue weighted by Gasteiger charge is -2.14. The van der Waals surface area contributed by atoms with E-state index in [-0.39, 0.29) is 31.0 Å². The molecule has 5 heteroatoms. The molecule has 0 saturated carbocycles. The van der Waals surface area contributed by atoms with Gasteiger partial charge in [0.15, 0.2) is 0 Å². The maximum atomic E-state index is 11.5. The molecule has 0 bridgehead atoms. The van der Waals surface area contributed by atoms with Crippen LogP contribution in [0.4, 0.5) is 4.79 Å². The smallest absolute Gasteiger partial charge is 0.315 e. The van der Waals surface area contributed by atoms with E-state index in [1.54, 1.807) is 0 Å². The molecule has 0 saturated heterocycles. The van der Waals surface area contributed by atoms with Crippen molar-refractivity contribution in [3.63, 3.8) is 0 Å². The number of esters is 1. The fourth-order valence-corrected chi connectivity index (χ4v) is 1.45. The number of rotatable bonds is 5. The predicted molar refractivity (Wildman–Crippen MR) is 68.0 cm³/mol. The lowest BCUT2D eigenvalue weighted by atomic mass is 10.1. The largest absolute Gasteiger partial charge is 0.469 e. The zero-order valence-corrected chi connectivity index (χ0v) is 10.6. The van der Waals surface area contributed by atoms with Crippen molar-refractivity contribution >= 4 is 12.0 Å². The molecule has 1 aromatic rings. The Labute approximate surface area is 107 Å². The van der Waals surface area contributed by atoms with E-state index in [2.05, 4.69) is 15.4 Å². The fraction of sp³-hybridized carbons (Fsp3) is 0.385. The highest BCUT2D eigenvalue weighted by atomic mass is 16.5. The number of benzene rings is 1. The third kappa shape index (κ3) is 4.86. The van der Waals surface area contributed by atoms with E-state index in [0.717, 1.165) is 5.56 Å². The van der Waals surface area contributed by atoms with E-state index >= 15 is 0 Å². The molecule has 0 aliphatic rings. The summed E-state index contributed by atoms with van der Waals surface area (Å²) in [6.45, 7) is 2.16. The van der Waals surface area contributed by atoms with Crippen LogP contribution in [0.25, 0.3) is 0 Å². The van der Waals surface area contributed by atoms with E-state index in [0.29, 0.717) is 0 Å². The van der Waals surface area contributed by atoms with Gasteiger partial charge in [-0.3, -0.25) is 4.79 Å². The predicted octanol–water partition coefficient (Wildman–Crippen LogP) is 1.61. The molecule has 0 aliphatic carbocycles. The Morgan fingerprint density at radius 2 is 1.94 bits per heavy atom. The van der Waals surface area contributed by atoms with E-state index in [4.69, 9.17) is 0 Å². The summed E-state index contributed by atoms with van der Waals surface area (Å²) in [4.78, 5) is 22.4. The Balaban J connectivity index is 2.30. The van der Waals surface area contributed by atoms with E-state index in [1.807, 2.05) is 37.3 Å². The minimum Gasteiger partial charge on any atom is -0.469 e. The third-order valence-corrected chi connectivity index (χ3v) is 2.49. The van der Waals surface area contributed by atoms with Crippen molar-refractivity contribution in [2.75, 3.05) is 13.7 Å². The number of nitrogens with one attached hydrogen (secondary N) is 2. The van der Waals surface area contributed by atoms with Gasteiger partial charge in [-0.05, 0) is 12.5 Å². The first kappa shape index (κ1) is 14.0. The minimum atomic E-state index is -0.341. The molecule has 0 heterocycles. The first-order chi connectivity index (χ1) is 8.63. The van der Waals surface area contributed by atoms with Crippen LogP contribution in [-0.4, -0.2) is 25.7 Å². The average Bonchev–Trinajstić information content (AvgIpc) is 2.39. The second-order valence-corrected chi connectivity index (χ2v) is 3.86. The normalized spacial score (nSPS) is 11.4. The van der Waals surface area contributed by atoms with E-state index < -0.39 is 0 Å². The topological polar surface area (TPSA) is 67.4 Å². The highest BCUT2D eigenvalue weighted by Crippen LogP contribution is 2.10. The third-order valence-electron chi connectivity index (χ3n) is 2.49. The SMILES string of the molecule is COC(=O)CCNC(=O)NC(C)c1ccccc1. The van der Waals surface area contributed by atoms with Gasteiger partial charge in [-0.15, -0.1) is 0 Å². The summed E-state index contributed by atoms with van der Waals surface area (Å²) < 4.78 is 4.47. The first-order valence-corrected chi connectivity index (χ1v) is 5.79. The zero-order chi connectivity index (χ0) is 13.4. The molecule has 1 rings (SSSR count). The van der Waals surface area contributed by atoms with Gasteiger partial charge in [0.1, 0.15) is 0 Å². The van der Waals surface area contributed by atoms with Gasteiger partial charge in [0.25, 0.3) is 0 Å². The van der Waals surface area contributed by atoms with Gasteiger partial charge in [-0.25, -0.2) is 4.79 Å². The maximum Gasteiger partial charge on any atom is 0.315 e. The van der Waals surface area contributed by atoms with Crippen LogP contribution in [0, 0.1) is 0 Å². The van der Waals surface area contributed by atoms with Crippen LogP contribution in [0.5, 0.6) is 0 Å².